The number of esters is 1. The van der Waals surface area contributed by atoms with Gasteiger partial charge in [-0.2, -0.15) is 0 Å². The van der Waals surface area contributed by atoms with E-state index in [1.54, 1.807) is 58.9 Å². The van der Waals surface area contributed by atoms with E-state index in [1.807, 2.05) is 0 Å². The van der Waals surface area contributed by atoms with Crippen LogP contribution in [0.5, 0.6) is 0 Å². The first-order valence-electron chi connectivity index (χ1n) is 7.24. The van der Waals surface area contributed by atoms with E-state index in [0.29, 0.717) is 12.3 Å². The van der Waals surface area contributed by atoms with Gasteiger partial charge in [-0.15, -0.1) is 0 Å². The Morgan fingerprint density at radius 3 is 2.18 bits per heavy atom. The molecule has 1 atom stereocenters. The lowest BCUT2D eigenvalue weighted by Crippen LogP contribution is -2.28. The van der Waals surface area contributed by atoms with E-state index >= 15 is 0 Å². The minimum absolute atomic E-state index is 0.307. The third kappa shape index (κ3) is 6.47. The van der Waals surface area contributed by atoms with Crippen LogP contribution in [0, 0.1) is 0 Å². The van der Waals surface area contributed by atoms with Crippen molar-refractivity contribution in [2.75, 3.05) is 17.2 Å². The van der Waals surface area contributed by atoms with Gasteiger partial charge in [-0.05, 0) is 58.9 Å². The predicted molar refractivity (Wildman–Crippen MR) is 86.0 cm³/mol. The number of anilines is 2. The summed E-state index contributed by atoms with van der Waals surface area (Å²) in [6.45, 7) is 9.25. The fourth-order valence-electron chi connectivity index (χ4n) is 1.65. The van der Waals surface area contributed by atoms with Gasteiger partial charge < -0.3 is 14.8 Å². The molecule has 0 aliphatic carbocycles. The van der Waals surface area contributed by atoms with Crippen molar-refractivity contribution in [2.45, 2.75) is 46.3 Å². The van der Waals surface area contributed by atoms with Crippen LogP contribution in [0.25, 0.3) is 0 Å². The third-order valence-corrected chi connectivity index (χ3v) is 2.55. The maximum Gasteiger partial charge on any atom is 0.412 e. The Bertz CT molecular complexity index is 506. The molecule has 0 unspecified atom stereocenters. The molecule has 2 N–H and O–H groups in total. The van der Waals surface area contributed by atoms with E-state index in [0.717, 1.165) is 5.69 Å². The van der Waals surface area contributed by atoms with Crippen molar-refractivity contribution in [2.24, 2.45) is 0 Å². The summed E-state index contributed by atoms with van der Waals surface area (Å²) in [4.78, 5) is 23.2. The Hall–Kier alpha value is -2.24. The highest BCUT2D eigenvalue weighted by molar-refractivity contribution is 5.85. The van der Waals surface area contributed by atoms with E-state index < -0.39 is 17.7 Å². The van der Waals surface area contributed by atoms with E-state index in [1.165, 1.54) is 0 Å². The highest BCUT2D eigenvalue weighted by Crippen LogP contribution is 2.16. The van der Waals surface area contributed by atoms with Crippen molar-refractivity contribution in [3.63, 3.8) is 0 Å². The Balaban J connectivity index is 2.56. The van der Waals surface area contributed by atoms with Crippen molar-refractivity contribution in [3.8, 4) is 0 Å². The van der Waals surface area contributed by atoms with Gasteiger partial charge in [0.25, 0.3) is 0 Å². The normalized spacial score (nSPS) is 12.2. The number of hydrogen-bond acceptors (Lipinski definition) is 5. The number of carbonyl (C=O) groups is 2. The maximum absolute atomic E-state index is 11.6. The molecule has 0 bridgehead atoms. The predicted octanol–water partition coefficient (Wildman–Crippen LogP) is 3.40. The van der Waals surface area contributed by atoms with Crippen molar-refractivity contribution < 1.29 is 19.1 Å². The summed E-state index contributed by atoms with van der Waals surface area (Å²) in [7, 11) is 0. The van der Waals surface area contributed by atoms with Gasteiger partial charge in [0.2, 0.25) is 0 Å². The molecule has 1 aromatic carbocycles. The number of nitrogens with one attached hydrogen (secondary N) is 2. The van der Waals surface area contributed by atoms with Crippen LogP contribution in [-0.4, -0.2) is 30.3 Å². The Labute approximate surface area is 131 Å². The standard InChI is InChI=1S/C16H24N2O4/c1-6-21-14(19)11(2)17-12-7-9-13(10-8-12)18-15(20)22-16(3,4)5/h7-11,17H,6H2,1-5H3,(H,18,20)/t11-/m0/s1. The van der Waals surface area contributed by atoms with Gasteiger partial charge in [-0.1, -0.05) is 0 Å². The third-order valence-electron chi connectivity index (χ3n) is 2.55. The first kappa shape index (κ1) is 17.8. The molecule has 0 fully saturated rings. The minimum Gasteiger partial charge on any atom is -0.464 e. The van der Waals surface area contributed by atoms with Crippen LogP contribution in [0.3, 0.4) is 0 Å². The number of ether oxygens (including phenoxy) is 2. The topological polar surface area (TPSA) is 76.7 Å². The van der Waals surface area contributed by atoms with Crippen LogP contribution < -0.4 is 10.6 Å². The van der Waals surface area contributed by atoms with E-state index in [-0.39, 0.29) is 5.97 Å². The zero-order chi connectivity index (χ0) is 16.8. The molecule has 6 heteroatoms. The van der Waals surface area contributed by atoms with Gasteiger partial charge in [-0.25, -0.2) is 9.59 Å². The SMILES string of the molecule is CCOC(=O)[C@H](C)Nc1ccc(NC(=O)OC(C)(C)C)cc1. The molecule has 0 aromatic heterocycles. The van der Waals surface area contributed by atoms with Gasteiger partial charge in [0, 0.05) is 11.4 Å². The van der Waals surface area contributed by atoms with E-state index in [9.17, 15) is 9.59 Å². The lowest BCUT2D eigenvalue weighted by molar-refractivity contribution is -0.143. The quantitative estimate of drug-likeness (QED) is 0.815. The first-order valence-corrected chi connectivity index (χ1v) is 7.24. The molecule has 6 nitrogen and oxygen atoms in total. The molecule has 0 aliphatic heterocycles. The van der Waals surface area contributed by atoms with Gasteiger partial charge in [0.1, 0.15) is 11.6 Å². The number of carbonyl (C=O) groups excluding carboxylic acids is 2. The zero-order valence-electron chi connectivity index (χ0n) is 13.7. The number of amides is 1. The smallest absolute Gasteiger partial charge is 0.412 e. The Kier molecular flexibility index (Phi) is 6.22. The molecule has 0 aliphatic rings. The number of benzene rings is 1. The minimum atomic E-state index is -0.541. The molecule has 22 heavy (non-hydrogen) atoms. The van der Waals surface area contributed by atoms with Gasteiger partial charge >= 0.3 is 12.1 Å². The highest BCUT2D eigenvalue weighted by atomic mass is 16.6. The summed E-state index contributed by atoms with van der Waals surface area (Å²) in [6, 6.07) is 6.55. The molecule has 1 rings (SSSR count). The van der Waals surface area contributed by atoms with Crippen LogP contribution in [0.2, 0.25) is 0 Å². The second kappa shape index (κ2) is 7.68. The van der Waals surface area contributed by atoms with Crippen LogP contribution in [0.4, 0.5) is 16.2 Å². The van der Waals surface area contributed by atoms with Crippen LogP contribution in [0.1, 0.15) is 34.6 Å². The molecule has 0 radical (unpaired) electrons. The summed E-state index contributed by atoms with van der Waals surface area (Å²) in [5.41, 5.74) is 0.833. The monoisotopic (exact) mass is 308 g/mol. The lowest BCUT2D eigenvalue weighted by Gasteiger charge is -2.19. The van der Waals surface area contributed by atoms with Crippen LogP contribution in [0.15, 0.2) is 24.3 Å². The molecule has 1 amide bonds. The summed E-state index contributed by atoms with van der Waals surface area (Å²) < 4.78 is 10.1. The summed E-state index contributed by atoms with van der Waals surface area (Å²) >= 11 is 0. The van der Waals surface area contributed by atoms with Crippen molar-refractivity contribution >= 4 is 23.4 Å². The second-order valence-electron chi connectivity index (χ2n) is 5.82. The lowest BCUT2D eigenvalue weighted by atomic mass is 10.2. The zero-order valence-corrected chi connectivity index (χ0v) is 13.7. The molecule has 0 saturated carbocycles. The van der Waals surface area contributed by atoms with E-state index in [2.05, 4.69) is 10.6 Å². The summed E-state index contributed by atoms with van der Waals surface area (Å²) in [6.07, 6.45) is -0.506. The second-order valence-corrected chi connectivity index (χ2v) is 5.82. The van der Waals surface area contributed by atoms with E-state index in [4.69, 9.17) is 9.47 Å². The van der Waals surface area contributed by atoms with Gasteiger partial charge in [-0.3, -0.25) is 5.32 Å². The molecule has 0 heterocycles. The number of hydrogen-bond donors (Lipinski definition) is 2. The summed E-state index contributed by atoms with van der Waals surface area (Å²) in [5.74, 6) is -0.307. The fourth-order valence-corrected chi connectivity index (χ4v) is 1.65. The molecular formula is C16H24N2O4. The molecule has 122 valence electrons. The molecular weight excluding hydrogens is 284 g/mol. The average molecular weight is 308 g/mol. The largest absolute Gasteiger partial charge is 0.464 e. The van der Waals surface area contributed by atoms with Crippen molar-refractivity contribution in [3.05, 3.63) is 24.3 Å². The summed E-state index contributed by atoms with van der Waals surface area (Å²) in [5, 5.41) is 5.67. The van der Waals surface area contributed by atoms with Crippen molar-refractivity contribution in [1.29, 1.82) is 0 Å². The average Bonchev–Trinajstić information content (AvgIpc) is 2.39. The van der Waals surface area contributed by atoms with Crippen molar-refractivity contribution in [1.82, 2.24) is 0 Å². The van der Waals surface area contributed by atoms with Crippen LogP contribution in [-0.2, 0) is 14.3 Å². The van der Waals surface area contributed by atoms with Crippen LogP contribution >= 0.6 is 0 Å². The fraction of sp³-hybridized carbons (Fsp3) is 0.500. The maximum atomic E-state index is 11.6. The highest BCUT2D eigenvalue weighted by Gasteiger charge is 2.16. The first-order chi connectivity index (χ1) is 10.2. The molecule has 1 aromatic rings. The van der Waals surface area contributed by atoms with Gasteiger partial charge in [0.05, 0.1) is 6.61 Å². The Morgan fingerprint density at radius 2 is 1.68 bits per heavy atom. The number of rotatable bonds is 5. The Morgan fingerprint density at radius 1 is 1.14 bits per heavy atom. The molecule has 0 saturated heterocycles. The molecule has 0 spiro atoms. The van der Waals surface area contributed by atoms with Gasteiger partial charge in [0.15, 0.2) is 0 Å².